The lowest BCUT2D eigenvalue weighted by atomic mass is 9.98. The van der Waals surface area contributed by atoms with E-state index in [4.69, 9.17) is 27.4 Å². The molecule has 2 aromatic carbocycles. The Kier molecular flexibility index (Phi) is 8.02. The van der Waals surface area contributed by atoms with Crippen molar-refractivity contribution in [1.82, 2.24) is 19.5 Å². The maximum Gasteiger partial charge on any atom is 0.256 e. The van der Waals surface area contributed by atoms with Gasteiger partial charge in [0.15, 0.2) is 5.65 Å². The third-order valence-corrected chi connectivity index (χ3v) is 7.90. The second-order valence-corrected chi connectivity index (χ2v) is 13.0. The molecule has 3 heterocycles. The van der Waals surface area contributed by atoms with Crippen molar-refractivity contribution in [2.75, 3.05) is 29.4 Å². The monoisotopic (exact) mass is 579 g/mol. The molecule has 1 amide bonds. The molecule has 4 N–H and O–H groups in total. The van der Waals surface area contributed by atoms with Gasteiger partial charge in [-0.2, -0.15) is 5.10 Å². The fraction of sp³-hybridized carbons (Fsp3) is 0.310. The van der Waals surface area contributed by atoms with Gasteiger partial charge < -0.3 is 20.7 Å². The molecule has 4 aromatic rings. The first-order chi connectivity index (χ1) is 19.1. The van der Waals surface area contributed by atoms with Crippen LogP contribution in [0.3, 0.4) is 0 Å². The number of aromatic nitrogens is 3. The number of hydrogen-bond donors (Lipinski definition) is 3. The number of carbonyl (C=O) groups is 1. The Hall–Kier alpha value is -3.60. The summed E-state index contributed by atoms with van der Waals surface area (Å²) < 4.78 is 17.0. The zero-order valence-corrected chi connectivity index (χ0v) is 24.2. The number of likely N-dealkylation sites (tertiary alicyclic amines) is 1. The quantitative estimate of drug-likeness (QED) is 0.257. The number of anilines is 2. The maximum absolute atomic E-state index is 13.9. The van der Waals surface area contributed by atoms with E-state index in [0.29, 0.717) is 35.0 Å². The van der Waals surface area contributed by atoms with Crippen molar-refractivity contribution in [1.29, 1.82) is 0 Å². The molecule has 0 bridgehead atoms. The van der Waals surface area contributed by atoms with Crippen LogP contribution in [0, 0.1) is 6.92 Å². The highest BCUT2D eigenvalue weighted by Gasteiger charge is 2.32. The lowest BCUT2D eigenvalue weighted by molar-refractivity contribution is 0.0607. The van der Waals surface area contributed by atoms with Gasteiger partial charge in [-0.1, -0.05) is 41.9 Å². The molecule has 1 fully saturated rings. The minimum atomic E-state index is -2.60. The Labute approximate surface area is 239 Å². The number of hydrogen-bond acceptors (Lipinski definition) is 6. The topological polar surface area (TPSA) is 118 Å². The zero-order chi connectivity index (χ0) is 28.4. The van der Waals surface area contributed by atoms with Gasteiger partial charge in [0.1, 0.15) is 5.82 Å². The van der Waals surface area contributed by atoms with Crippen LogP contribution >= 0.6 is 11.6 Å². The predicted octanol–water partition coefficient (Wildman–Crippen LogP) is 4.84. The molecule has 0 spiro atoms. The standard InChI is InChI=1S/C29H34ClN7O2S/c1-19-18-37-27(33-28(19)32-17-23(31)20-9-5-4-6-10-20)16-25(34-37)26-11-7-8-14-36(26)29(38)22-15-21(30)12-13-24(22)35-40(2,3)39/h4-6,9-10,12-13,15-16,18,23,26H,2,7-8,11,14,17,31H2,1,3H3,(H,32,33)(H,35,39). The summed E-state index contributed by atoms with van der Waals surface area (Å²) in [7, 11) is -2.60. The molecule has 40 heavy (non-hydrogen) atoms. The number of fused-ring (bicyclic) bond motifs is 1. The molecule has 0 aliphatic carbocycles. The first-order valence-electron chi connectivity index (χ1n) is 13.2. The molecule has 1 aliphatic rings. The SMILES string of the molecule is C=S(C)(=O)Nc1ccc(Cl)cc1C(=O)N1CCCCC1c1cc2nc(NCC(N)c3ccccc3)c(C)cn2n1. The van der Waals surface area contributed by atoms with Gasteiger partial charge in [0, 0.05) is 57.9 Å². The van der Waals surface area contributed by atoms with E-state index in [-0.39, 0.29) is 18.0 Å². The third kappa shape index (κ3) is 6.24. The number of aryl methyl sites for hydroxylation is 1. The fourth-order valence-corrected chi connectivity index (χ4v) is 5.86. The normalized spacial score (nSPS) is 17.8. The van der Waals surface area contributed by atoms with Crippen LogP contribution in [0.2, 0.25) is 5.02 Å². The van der Waals surface area contributed by atoms with Crippen LogP contribution in [0.4, 0.5) is 11.5 Å². The van der Waals surface area contributed by atoms with E-state index < -0.39 is 9.71 Å². The van der Waals surface area contributed by atoms with E-state index in [0.717, 1.165) is 41.9 Å². The highest BCUT2D eigenvalue weighted by molar-refractivity contribution is 8.00. The second-order valence-electron chi connectivity index (χ2n) is 10.3. The molecule has 0 radical (unpaired) electrons. The van der Waals surface area contributed by atoms with Gasteiger partial charge in [-0.05, 0) is 55.8 Å². The second kappa shape index (κ2) is 11.5. The van der Waals surface area contributed by atoms with Gasteiger partial charge in [0.05, 0.1) is 23.0 Å². The van der Waals surface area contributed by atoms with Crippen LogP contribution in [0.1, 0.15) is 58.5 Å². The number of rotatable bonds is 8. The van der Waals surface area contributed by atoms with E-state index in [1.807, 2.05) is 54.4 Å². The molecular weight excluding hydrogens is 546 g/mol. The van der Waals surface area contributed by atoms with Gasteiger partial charge in [-0.3, -0.25) is 4.79 Å². The number of benzene rings is 2. The van der Waals surface area contributed by atoms with Crippen LogP contribution in [-0.4, -0.2) is 54.8 Å². The zero-order valence-electron chi connectivity index (χ0n) is 22.6. The number of nitrogens with zero attached hydrogens (tertiary/aromatic N) is 4. The van der Waals surface area contributed by atoms with Crippen molar-refractivity contribution in [2.45, 2.75) is 38.3 Å². The number of piperidine rings is 1. The molecule has 1 aliphatic heterocycles. The fourth-order valence-electron chi connectivity index (χ4n) is 5.05. The van der Waals surface area contributed by atoms with Crippen molar-refractivity contribution in [3.8, 4) is 0 Å². The molecule has 1 saturated heterocycles. The van der Waals surface area contributed by atoms with Crippen molar-refractivity contribution in [2.24, 2.45) is 5.73 Å². The molecular formula is C29H34ClN7O2S. The Balaban J connectivity index is 1.41. The van der Waals surface area contributed by atoms with Crippen LogP contribution < -0.4 is 15.8 Å². The summed E-state index contributed by atoms with van der Waals surface area (Å²) >= 11 is 6.26. The summed E-state index contributed by atoms with van der Waals surface area (Å²) in [6.07, 6.45) is 6.05. The molecule has 3 atom stereocenters. The third-order valence-electron chi connectivity index (χ3n) is 7.01. The van der Waals surface area contributed by atoms with Crippen LogP contribution in [0.5, 0.6) is 0 Å². The lowest BCUT2D eigenvalue weighted by Crippen LogP contribution is -2.39. The Morgan fingerprint density at radius 2 is 2.00 bits per heavy atom. The summed E-state index contributed by atoms with van der Waals surface area (Å²) in [6, 6.07) is 16.4. The summed E-state index contributed by atoms with van der Waals surface area (Å²) in [4.78, 5) is 20.5. The predicted molar refractivity (Wildman–Crippen MR) is 163 cm³/mol. The smallest absolute Gasteiger partial charge is 0.256 e. The van der Waals surface area contributed by atoms with Gasteiger partial charge in [0.25, 0.3) is 5.91 Å². The first kappa shape index (κ1) is 27.9. The van der Waals surface area contributed by atoms with Crippen molar-refractivity contribution in [3.05, 3.63) is 88.2 Å². The van der Waals surface area contributed by atoms with Gasteiger partial charge in [-0.25, -0.2) is 13.7 Å². The summed E-state index contributed by atoms with van der Waals surface area (Å²) in [5.74, 6) is 4.21. The number of nitrogens with one attached hydrogen (secondary N) is 2. The van der Waals surface area contributed by atoms with E-state index >= 15 is 0 Å². The molecule has 2 aromatic heterocycles. The van der Waals surface area contributed by atoms with Crippen LogP contribution in [0.25, 0.3) is 5.65 Å². The van der Waals surface area contributed by atoms with E-state index in [9.17, 15) is 9.00 Å². The van der Waals surface area contributed by atoms with Crippen LogP contribution in [-0.2, 0) is 9.71 Å². The van der Waals surface area contributed by atoms with E-state index in [1.54, 1.807) is 22.7 Å². The highest BCUT2D eigenvalue weighted by Crippen LogP contribution is 2.34. The number of carbonyl (C=O) groups excluding carboxylic acids is 1. The molecule has 3 unspecified atom stereocenters. The molecule has 11 heteroatoms. The molecule has 9 nitrogen and oxygen atoms in total. The van der Waals surface area contributed by atoms with Crippen molar-refractivity contribution < 1.29 is 9.00 Å². The Morgan fingerprint density at radius 1 is 1.23 bits per heavy atom. The average Bonchev–Trinajstić information content (AvgIpc) is 3.34. The highest BCUT2D eigenvalue weighted by atomic mass is 35.5. The molecule has 0 saturated carbocycles. The number of amides is 1. The lowest BCUT2D eigenvalue weighted by Gasteiger charge is -2.35. The molecule has 5 rings (SSSR count). The maximum atomic E-state index is 13.9. The van der Waals surface area contributed by atoms with E-state index in [1.165, 1.54) is 6.26 Å². The summed E-state index contributed by atoms with van der Waals surface area (Å²) in [6.45, 7) is 3.09. The minimum Gasteiger partial charge on any atom is -0.368 e. The van der Waals surface area contributed by atoms with Crippen molar-refractivity contribution >= 4 is 50.2 Å². The van der Waals surface area contributed by atoms with Gasteiger partial charge in [0.2, 0.25) is 0 Å². The summed E-state index contributed by atoms with van der Waals surface area (Å²) in [5.41, 5.74) is 10.6. The van der Waals surface area contributed by atoms with E-state index in [2.05, 4.69) is 15.9 Å². The Morgan fingerprint density at radius 3 is 2.75 bits per heavy atom. The minimum absolute atomic E-state index is 0.170. The molecule has 210 valence electrons. The number of nitrogens with two attached hydrogens (primary N) is 1. The van der Waals surface area contributed by atoms with Gasteiger partial charge >= 0.3 is 0 Å². The largest absolute Gasteiger partial charge is 0.368 e. The summed E-state index contributed by atoms with van der Waals surface area (Å²) in [5, 5.41) is 8.62. The Bertz CT molecular complexity index is 1640. The van der Waals surface area contributed by atoms with Crippen LogP contribution in [0.15, 0.2) is 60.8 Å². The van der Waals surface area contributed by atoms with Crippen molar-refractivity contribution in [3.63, 3.8) is 0 Å². The first-order valence-corrected chi connectivity index (χ1v) is 15.7. The average molecular weight is 580 g/mol. The van der Waals surface area contributed by atoms with Gasteiger partial charge in [-0.15, -0.1) is 0 Å². The number of halogens is 1.